The molecule has 52 heavy (non-hydrogen) atoms. The molecule has 6 heterocycles. The highest BCUT2D eigenvalue weighted by Crippen LogP contribution is 2.33. The molecule has 0 bridgehead atoms. The second kappa shape index (κ2) is 16.2. The number of nitrogens with zero attached hydrogens (tertiary/aromatic N) is 7. The van der Waals surface area contributed by atoms with Gasteiger partial charge in [-0.25, -0.2) is 15.0 Å². The molecule has 5 aromatic rings. The SMILES string of the molecule is CCc1cnn2c(NCc3ccc(OCCCc4cc(-c5cnc([C@H](C)N)cc5C)cc(C(F)(F)F)n4)nc3)cc(N3CCCC[C@H]3CCO)nc12. The van der Waals surface area contributed by atoms with Crippen LogP contribution >= 0.6 is 0 Å². The van der Waals surface area contributed by atoms with Crippen molar-refractivity contribution in [1.29, 1.82) is 0 Å². The van der Waals surface area contributed by atoms with E-state index in [1.54, 1.807) is 30.6 Å². The van der Waals surface area contributed by atoms with Gasteiger partial charge in [0.2, 0.25) is 5.88 Å². The molecule has 0 aliphatic carbocycles. The van der Waals surface area contributed by atoms with Crippen molar-refractivity contribution in [3.63, 3.8) is 0 Å². The second-order valence-electron chi connectivity index (χ2n) is 13.4. The van der Waals surface area contributed by atoms with Gasteiger partial charge in [-0.3, -0.25) is 4.98 Å². The normalized spacial score (nSPS) is 15.6. The summed E-state index contributed by atoms with van der Waals surface area (Å²) in [5, 5.41) is 17.8. The molecule has 0 radical (unpaired) electrons. The summed E-state index contributed by atoms with van der Waals surface area (Å²) in [7, 11) is 0. The van der Waals surface area contributed by atoms with Gasteiger partial charge in [-0.05, 0) is 93.7 Å². The molecule has 0 aromatic carbocycles. The lowest BCUT2D eigenvalue weighted by Crippen LogP contribution is -2.40. The maximum Gasteiger partial charge on any atom is 0.433 e. The number of aliphatic hydroxyl groups is 1. The quantitative estimate of drug-likeness (QED) is 0.105. The third kappa shape index (κ3) is 8.61. The van der Waals surface area contributed by atoms with E-state index in [-0.39, 0.29) is 31.7 Å². The third-order valence-electron chi connectivity index (χ3n) is 9.47. The van der Waals surface area contributed by atoms with E-state index in [1.807, 2.05) is 36.7 Å². The van der Waals surface area contributed by atoms with Crippen LogP contribution in [0.5, 0.6) is 5.88 Å². The Morgan fingerprint density at radius 1 is 1.08 bits per heavy atom. The number of ether oxygens (including phenoxy) is 1. The van der Waals surface area contributed by atoms with Crippen LogP contribution in [0.1, 0.15) is 85.8 Å². The first-order valence-corrected chi connectivity index (χ1v) is 17.9. The number of piperidine rings is 1. The number of fused-ring (bicyclic) bond motifs is 1. The largest absolute Gasteiger partial charge is 0.478 e. The Balaban J connectivity index is 1.08. The summed E-state index contributed by atoms with van der Waals surface area (Å²) >= 11 is 0. The Morgan fingerprint density at radius 3 is 2.63 bits per heavy atom. The Kier molecular flexibility index (Phi) is 11.5. The number of pyridine rings is 3. The zero-order valence-electron chi connectivity index (χ0n) is 29.8. The minimum atomic E-state index is -4.59. The number of aryl methyl sites for hydroxylation is 3. The molecule has 0 amide bonds. The van der Waals surface area contributed by atoms with Gasteiger partial charge in [0.15, 0.2) is 5.65 Å². The molecule has 1 aliphatic rings. The molecular formula is C38H46F3N9O2. The number of rotatable bonds is 14. The third-order valence-corrected chi connectivity index (χ3v) is 9.47. The molecule has 1 saturated heterocycles. The Morgan fingerprint density at radius 2 is 1.92 bits per heavy atom. The van der Waals surface area contributed by atoms with Crippen LogP contribution in [-0.2, 0) is 25.6 Å². The van der Waals surface area contributed by atoms with Gasteiger partial charge in [-0.1, -0.05) is 13.0 Å². The number of aliphatic hydroxyl groups excluding tert-OH is 1. The molecule has 1 fully saturated rings. The van der Waals surface area contributed by atoms with Crippen LogP contribution in [-0.4, -0.2) is 60.5 Å². The van der Waals surface area contributed by atoms with Gasteiger partial charge in [0, 0.05) is 73.1 Å². The summed E-state index contributed by atoms with van der Waals surface area (Å²) in [5.41, 5.74) is 10.6. The van der Waals surface area contributed by atoms with Crippen LogP contribution in [0.2, 0.25) is 0 Å². The topological polar surface area (TPSA) is 140 Å². The Bertz CT molecular complexity index is 1960. The molecule has 4 N–H and O–H groups in total. The Labute approximate surface area is 301 Å². The van der Waals surface area contributed by atoms with Crippen molar-refractivity contribution in [1.82, 2.24) is 29.5 Å². The first-order chi connectivity index (χ1) is 25.0. The molecule has 1 aliphatic heterocycles. The average molecular weight is 718 g/mol. The summed E-state index contributed by atoms with van der Waals surface area (Å²) in [4.78, 5) is 20.0. The second-order valence-corrected chi connectivity index (χ2v) is 13.4. The van der Waals surface area contributed by atoms with Gasteiger partial charge in [-0.2, -0.15) is 22.8 Å². The van der Waals surface area contributed by atoms with Crippen molar-refractivity contribution < 1.29 is 23.0 Å². The fourth-order valence-electron chi connectivity index (χ4n) is 6.64. The van der Waals surface area contributed by atoms with E-state index in [0.29, 0.717) is 47.8 Å². The summed E-state index contributed by atoms with van der Waals surface area (Å²) < 4.78 is 49.1. The number of anilines is 2. The van der Waals surface area contributed by atoms with Crippen molar-refractivity contribution in [2.75, 3.05) is 30.0 Å². The molecule has 6 rings (SSSR count). The van der Waals surface area contributed by atoms with E-state index < -0.39 is 11.9 Å². The minimum Gasteiger partial charge on any atom is -0.478 e. The molecule has 0 unspecified atom stereocenters. The standard InChI is InChI=1S/C38H46F3N9O2/c1-4-27-22-46-50-34(19-35(48-37(27)50)49-13-6-5-9-30(49)12-14-51)44-20-26-10-11-36(45-21-26)52-15-7-8-29-17-28(18-33(47-29)38(39,40)41)31-23-43-32(25(3)42)16-24(31)2/h10-11,16-19,21-23,25,30,44,51H,4-9,12-15,20,42H2,1-3H3/t25-,30-/m0/s1. The van der Waals surface area contributed by atoms with Crippen LogP contribution < -0.4 is 20.7 Å². The predicted octanol–water partition coefficient (Wildman–Crippen LogP) is 6.86. The summed E-state index contributed by atoms with van der Waals surface area (Å²) in [6.45, 7) is 7.51. The molecule has 11 nitrogen and oxygen atoms in total. The Hall–Kier alpha value is -4.82. The van der Waals surface area contributed by atoms with Crippen LogP contribution in [0.3, 0.4) is 0 Å². The lowest BCUT2D eigenvalue weighted by molar-refractivity contribution is -0.141. The molecule has 2 atom stereocenters. The fourth-order valence-corrected chi connectivity index (χ4v) is 6.64. The molecule has 5 aromatic heterocycles. The zero-order valence-corrected chi connectivity index (χ0v) is 29.8. The number of alkyl halides is 3. The maximum absolute atomic E-state index is 13.8. The highest BCUT2D eigenvalue weighted by Gasteiger charge is 2.33. The first-order valence-electron chi connectivity index (χ1n) is 17.9. The number of halogens is 3. The van der Waals surface area contributed by atoms with Gasteiger partial charge in [0.05, 0.1) is 18.5 Å². The molecule has 0 saturated carbocycles. The number of nitrogens with two attached hydrogens (primary N) is 1. The van der Waals surface area contributed by atoms with E-state index in [0.717, 1.165) is 72.3 Å². The lowest BCUT2D eigenvalue weighted by atomic mass is 9.99. The van der Waals surface area contributed by atoms with Crippen LogP contribution in [0.25, 0.3) is 16.8 Å². The van der Waals surface area contributed by atoms with Gasteiger partial charge >= 0.3 is 6.18 Å². The number of hydrogen-bond donors (Lipinski definition) is 3. The van der Waals surface area contributed by atoms with E-state index in [4.69, 9.17) is 15.5 Å². The van der Waals surface area contributed by atoms with Crippen molar-refractivity contribution >= 4 is 17.3 Å². The van der Waals surface area contributed by atoms with Crippen molar-refractivity contribution in [2.45, 2.75) is 90.5 Å². The number of aromatic nitrogens is 6. The zero-order chi connectivity index (χ0) is 36.8. The van der Waals surface area contributed by atoms with Crippen LogP contribution in [0.15, 0.2) is 55.0 Å². The molecular weight excluding hydrogens is 671 g/mol. The van der Waals surface area contributed by atoms with Gasteiger partial charge < -0.3 is 25.8 Å². The van der Waals surface area contributed by atoms with Crippen LogP contribution in [0, 0.1) is 6.92 Å². The number of nitrogens with one attached hydrogen (secondary N) is 1. The average Bonchev–Trinajstić information content (AvgIpc) is 3.56. The highest BCUT2D eigenvalue weighted by atomic mass is 19.4. The maximum atomic E-state index is 13.8. The fraction of sp³-hybridized carbons (Fsp3) is 0.447. The summed E-state index contributed by atoms with van der Waals surface area (Å²) in [5.74, 6) is 2.11. The van der Waals surface area contributed by atoms with E-state index in [1.165, 1.54) is 0 Å². The van der Waals surface area contributed by atoms with Gasteiger partial charge in [-0.15, -0.1) is 0 Å². The lowest BCUT2D eigenvalue weighted by Gasteiger charge is -2.36. The van der Waals surface area contributed by atoms with Crippen molar-refractivity contribution in [3.05, 3.63) is 88.8 Å². The van der Waals surface area contributed by atoms with Crippen molar-refractivity contribution in [3.8, 4) is 17.0 Å². The first kappa shape index (κ1) is 37.0. The predicted molar refractivity (Wildman–Crippen MR) is 194 cm³/mol. The molecule has 276 valence electrons. The highest BCUT2D eigenvalue weighted by molar-refractivity contribution is 5.67. The molecule has 14 heteroatoms. The van der Waals surface area contributed by atoms with Gasteiger partial charge in [0.25, 0.3) is 0 Å². The van der Waals surface area contributed by atoms with E-state index in [9.17, 15) is 18.3 Å². The van der Waals surface area contributed by atoms with E-state index >= 15 is 0 Å². The van der Waals surface area contributed by atoms with Crippen molar-refractivity contribution in [2.24, 2.45) is 5.73 Å². The number of hydrogen-bond acceptors (Lipinski definition) is 10. The molecule has 0 spiro atoms. The summed E-state index contributed by atoms with van der Waals surface area (Å²) in [6, 6.07) is 10.2. The summed E-state index contributed by atoms with van der Waals surface area (Å²) in [6.07, 6.45) is 6.08. The van der Waals surface area contributed by atoms with E-state index in [2.05, 4.69) is 37.2 Å². The minimum absolute atomic E-state index is 0.144. The van der Waals surface area contributed by atoms with Crippen LogP contribution in [0.4, 0.5) is 24.8 Å². The smallest absolute Gasteiger partial charge is 0.433 e. The van der Waals surface area contributed by atoms with Gasteiger partial charge in [0.1, 0.15) is 17.3 Å². The monoisotopic (exact) mass is 717 g/mol.